The Morgan fingerprint density at radius 3 is 2.14 bits per heavy atom. The van der Waals surface area contributed by atoms with Gasteiger partial charge in [0.05, 0.1) is 41.6 Å². The maximum absolute atomic E-state index is 13.3. The molecule has 14 unspecified atom stereocenters. The molecule has 0 aromatic rings. The fourth-order valence-electron chi connectivity index (χ4n) is 6.79. The van der Waals surface area contributed by atoms with E-state index in [9.17, 15) is 30.4 Å². The summed E-state index contributed by atoms with van der Waals surface area (Å²) in [5.41, 5.74) is -2.84. The average Bonchev–Trinajstić information content (AvgIpc) is 2.93. The van der Waals surface area contributed by atoms with Crippen molar-refractivity contribution in [1.82, 2.24) is 4.90 Å². The van der Waals surface area contributed by atoms with Gasteiger partial charge >= 0.3 is 5.97 Å². The minimum Gasteiger partial charge on any atom is -0.459 e. The lowest BCUT2D eigenvalue weighted by atomic mass is 9.73. The zero-order chi connectivity index (χ0) is 32.3. The number of aliphatic hydroxyl groups excluding tert-OH is 3. The quantitative estimate of drug-likeness (QED) is 0.176. The van der Waals surface area contributed by atoms with E-state index in [1.165, 1.54) is 21.0 Å². The molecule has 2 aliphatic rings. The molecule has 14 atom stereocenters. The van der Waals surface area contributed by atoms with Crippen molar-refractivity contribution in [3.63, 3.8) is 0 Å². The molecule has 0 spiro atoms. The molecule has 2 aliphatic heterocycles. The highest BCUT2D eigenvalue weighted by molar-refractivity contribution is 5.88. The zero-order valence-electron chi connectivity index (χ0n) is 27.2. The number of esters is 1. The lowest BCUT2D eigenvalue weighted by molar-refractivity contribution is -0.301. The number of methoxy groups -OCH3 is 1. The summed E-state index contributed by atoms with van der Waals surface area (Å²) >= 11 is 0. The summed E-state index contributed by atoms with van der Waals surface area (Å²) in [5.74, 6) is -3.86. The van der Waals surface area contributed by atoms with Gasteiger partial charge in [-0.05, 0) is 61.1 Å². The fourth-order valence-corrected chi connectivity index (χ4v) is 6.79. The summed E-state index contributed by atoms with van der Waals surface area (Å²) < 4.78 is 24.3. The summed E-state index contributed by atoms with van der Waals surface area (Å²) in [4.78, 5) is 15.2. The lowest BCUT2D eigenvalue weighted by Gasteiger charge is -2.48. The molecule has 0 amide bonds. The van der Waals surface area contributed by atoms with Crippen molar-refractivity contribution in [3.8, 4) is 0 Å². The van der Waals surface area contributed by atoms with Crippen molar-refractivity contribution in [1.29, 1.82) is 0 Å². The van der Waals surface area contributed by atoms with Gasteiger partial charge in [-0.3, -0.25) is 4.79 Å². The summed E-state index contributed by atoms with van der Waals surface area (Å²) in [6.45, 7) is 13.5. The van der Waals surface area contributed by atoms with E-state index < -0.39 is 77.7 Å². The lowest BCUT2D eigenvalue weighted by Crippen LogP contribution is -2.60. The highest BCUT2D eigenvalue weighted by atomic mass is 16.7. The number of nitrogens with zero attached hydrogens (tertiary/aromatic N) is 2. The van der Waals surface area contributed by atoms with Gasteiger partial charge in [-0.25, -0.2) is 0 Å². The van der Waals surface area contributed by atoms with Crippen LogP contribution in [0.4, 0.5) is 0 Å². The van der Waals surface area contributed by atoms with E-state index in [2.05, 4.69) is 5.16 Å². The van der Waals surface area contributed by atoms with Crippen LogP contribution < -0.4 is 0 Å². The van der Waals surface area contributed by atoms with Gasteiger partial charge in [-0.15, -0.1) is 0 Å². The summed E-state index contributed by atoms with van der Waals surface area (Å²) in [7, 11) is 5.24. The van der Waals surface area contributed by atoms with Gasteiger partial charge in [0.2, 0.25) is 0 Å². The second-order valence-corrected chi connectivity index (χ2v) is 13.2. The van der Waals surface area contributed by atoms with Crippen molar-refractivity contribution in [2.45, 2.75) is 135 Å². The van der Waals surface area contributed by atoms with Crippen molar-refractivity contribution in [2.75, 3.05) is 21.2 Å². The highest BCUT2D eigenvalue weighted by Gasteiger charge is 2.51. The number of hydrogen-bond donors (Lipinski definition) is 5. The molecule has 5 N–H and O–H groups in total. The third kappa shape index (κ3) is 7.63. The molecule has 42 heavy (non-hydrogen) atoms. The topological polar surface area (TPSA) is 171 Å². The van der Waals surface area contributed by atoms with Crippen molar-refractivity contribution in [2.24, 2.45) is 28.8 Å². The zero-order valence-corrected chi connectivity index (χ0v) is 27.2. The van der Waals surface area contributed by atoms with Crippen LogP contribution in [0.2, 0.25) is 0 Å². The van der Waals surface area contributed by atoms with Gasteiger partial charge in [-0.2, -0.15) is 0 Å². The van der Waals surface area contributed by atoms with Crippen LogP contribution in [0, 0.1) is 23.7 Å². The van der Waals surface area contributed by atoms with Crippen LogP contribution in [0.3, 0.4) is 0 Å². The molecule has 2 heterocycles. The molecule has 12 heteroatoms. The van der Waals surface area contributed by atoms with Crippen LogP contribution in [-0.2, 0) is 23.7 Å². The number of carbonyl (C=O) groups is 1. The molecule has 0 aromatic heterocycles. The summed E-state index contributed by atoms with van der Waals surface area (Å²) in [6.07, 6.45) is -6.06. The van der Waals surface area contributed by atoms with E-state index in [1.54, 1.807) is 27.7 Å². The normalized spacial score (nSPS) is 47.7. The van der Waals surface area contributed by atoms with Gasteiger partial charge in [0.25, 0.3) is 0 Å². The second kappa shape index (κ2) is 14.6. The Morgan fingerprint density at radius 1 is 1.05 bits per heavy atom. The second-order valence-electron chi connectivity index (χ2n) is 13.2. The van der Waals surface area contributed by atoms with Crippen LogP contribution in [0.5, 0.6) is 0 Å². The van der Waals surface area contributed by atoms with E-state index in [0.29, 0.717) is 6.42 Å². The SMILES string of the molecule is CCC1OC(=O)C(C)C(O)C(C)C(OC2OC(C)CC(N(C)C)C2O)C(C)(OC)CC(C)C(=NO)C(C)C(O)C1(C)O. The molecule has 12 nitrogen and oxygen atoms in total. The molecule has 2 rings (SSSR count). The number of cyclic esters (lactones) is 1. The van der Waals surface area contributed by atoms with Crippen LogP contribution in [-0.4, -0.2) is 124 Å². The standard InChI is InChI=1S/C30H56N2O10/c1-12-21-30(8,37)25(35)17(4)22(31-38)15(2)14-29(7,39-11)26(18(5)23(33)19(6)27(36)41-21)42-28-24(34)20(32(9)10)13-16(3)40-28/h15-21,23-26,28,33-35,37-38H,12-14H2,1-11H3. The first-order chi connectivity index (χ1) is 19.4. The molecule has 2 fully saturated rings. The van der Waals surface area contributed by atoms with E-state index in [4.69, 9.17) is 18.9 Å². The minimum absolute atomic E-state index is 0.192. The molecular weight excluding hydrogens is 548 g/mol. The van der Waals surface area contributed by atoms with Gasteiger partial charge in [0.15, 0.2) is 6.29 Å². The summed E-state index contributed by atoms with van der Waals surface area (Å²) in [6, 6.07) is -0.242. The Bertz CT molecular complexity index is 917. The van der Waals surface area contributed by atoms with E-state index in [-0.39, 0.29) is 30.7 Å². The largest absolute Gasteiger partial charge is 0.459 e. The Labute approximate surface area is 251 Å². The first-order valence-corrected chi connectivity index (χ1v) is 15.1. The Morgan fingerprint density at radius 2 is 1.64 bits per heavy atom. The maximum Gasteiger partial charge on any atom is 0.311 e. The first kappa shape index (κ1) is 36.8. The molecule has 0 aromatic carbocycles. The fraction of sp³-hybridized carbons (Fsp3) is 0.933. The number of likely N-dealkylation sites (N-methyl/N-ethyl adjacent to an activating group) is 1. The number of carbonyl (C=O) groups excluding carboxylic acids is 1. The summed E-state index contributed by atoms with van der Waals surface area (Å²) in [5, 5.41) is 59.0. The van der Waals surface area contributed by atoms with Crippen LogP contribution in [0.1, 0.15) is 74.7 Å². The van der Waals surface area contributed by atoms with Crippen LogP contribution in [0.25, 0.3) is 0 Å². The van der Waals surface area contributed by atoms with Crippen LogP contribution >= 0.6 is 0 Å². The maximum atomic E-state index is 13.3. The molecule has 0 aliphatic carbocycles. The molecule has 0 radical (unpaired) electrons. The van der Waals surface area contributed by atoms with E-state index in [1.807, 2.05) is 32.8 Å². The Hall–Kier alpha value is -1.38. The van der Waals surface area contributed by atoms with Crippen molar-refractivity contribution >= 4 is 11.7 Å². The van der Waals surface area contributed by atoms with Crippen LogP contribution in [0.15, 0.2) is 5.16 Å². The van der Waals surface area contributed by atoms with Crippen molar-refractivity contribution < 1.29 is 49.4 Å². The van der Waals surface area contributed by atoms with Crippen molar-refractivity contribution in [3.05, 3.63) is 0 Å². The predicted molar refractivity (Wildman–Crippen MR) is 156 cm³/mol. The first-order valence-electron chi connectivity index (χ1n) is 15.1. The Balaban J connectivity index is 2.65. The number of ether oxygens (including phenoxy) is 4. The average molecular weight is 605 g/mol. The molecule has 246 valence electrons. The van der Waals surface area contributed by atoms with Gasteiger partial charge < -0.3 is 49.5 Å². The molecule has 0 saturated carbocycles. The third-order valence-corrected chi connectivity index (χ3v) is 9.68. The molecule has 0 bridgehead atoms. The highest BCUT2D eigenvalue weighted by Crippen LogP contribution is 2.39. The third-order valence-electron chi connectivity index (χ3n) is 9.68. The number of oxime groups is 1. The predicted octanol–water partition coefficient (Wildman–Crippen LogP) is 1.78. The van der Waals surface area contributed by atoms with E-state index in [0.717, 1.165) is 0 Å². The van der Waals surface area contributed by atoms with Gasteiger partial charge in [0, 0.05) is 30.9 Å². The van der Waals surface area contributed by atoms with Gasteiger partial charge in [-0.1, -0.05) is 32.9 Å². The minimum atomic E-state index is -1.88. The van der Waals surface area contributed by atoms with E-state index >= 15 is 0 Å². The number of aliphatic hydroxyl groups is 4. The molecular formula is C30H56N2O10. The van der Waals surface area contributed by atoms with Gasteiger partial charge in [0.1, 0.15) is 17.8 Å². The smallest absolute Gasteiger partial charge is 0.311 e. The number of rotatable bonds is 5. The monoisotopic (exact) mass is 604 g/mol. The number of hydrogen-bond acceptors (Lipinski definition) is 12. The molecule has 2 saturated heterocycles. The Kier molecular flexibility index (Phi) is 12.8.